The summed E-state index contributed by atoms with van der Waals surface area (Å²) in [7, 11) is -3.58. The van der Waals surface area contributed by atoms with Crippen LogP contribution in [-0.2, 0) is 16.6 Å². The zero-order chi connectivity index (χ0) is 23.3. The fraction of sp³-hybridized carbons (Fsp3) is 0.304. The van der Waals surface area contributed by atoms with Gasteiger partial charge in [-0.15, -0.1) is 6.58 Å². The Morgan fingerprint density at radius 2 is 1.84 bits per heavy atom. The summed E-state index contributed by atoms with van der Waals surface area (Å²) in [6, 6.07) is 11.7. The zero-order valence-corrected chi connectivity index (χ0v) is 20.1. The number of allylic oxidation sites excluding steroid dienone is 1. The van der Waals surface area contributed by atoms with Crippen molar-refractivity contribution in [1.29, 1.82) is 0 Å². The fourth-order valence-corrected chi connectivity index (χ4v) is 5.86. The fourth-order valence-electron chi connectivity index (χ4n) is 3.33. The third-order valence-corrected chi connectivity index (χ3v) is 8.02. The molecule has 0 saturated carbocycles. The lowest BCUT2D eigenvalue weighted by Gasteiger charge is -2.18. The van der Waals surface area contributed by atoms with Crippen molar-refractivity contribution in [3.05, 3.63) is 65.5 Å². The molecular formula is C23H27N3O4S2. The molecule has 1 amide bonds. The second kappa shape index (κ2) is 10.2. The Labute approximate surface area is 192 Å². The van der Waals surface area contributed by atoms with Gasteiger partial charge in [0, 0.05) is 25.2 Å². The van der Waals surface area contributed by atoms with Crippen molar-refractivity contribution in [2.45, 2.75) is 32.2 Å². The molecular weight excluding hydrogens is 446 g/mol. The number of nitrogens with zero attached hydrogens (tertiary/aromatic N) is 3. The standard InChI is InChI=1S/C23H27N3O4S2/c1-5-15-26-20-14-11-18(30-8-4)16-21(20)31-23(26)24-22(27)17-9-12-19(13-10-17)32(28,29)25(6-2)7-3/h5,9-14,16H,1,6-8,15H2,2-4H3. The quantitative estimate of drug-likeness (QED) is 0.439. The highest BCUT2D eigenvalue weighted by molar-refractivity contribution is 7.89. The summed E-state index contributed by atoms with van der Waals surface area (Å²) in [6.07, 6.45) is 1.75. The Bertz CT molecular complexity index is 1290. The van der Waals surface area contributed by atoms with Gasteiger partial charge in [-0.1, -0.05) is 31.3 Å². The van der Waals surface area contributed by atoms with Gasteiger partial charge in [-0.25, -0.2) is 8.42 Å². The van der Waals surface area contributed by atoms with E-state index in [-0.39, 0.29) is 4.90 Å². The molecule has 0 N–H and O–H groups in total. The molecule has 2 aromatic carbocycles. The van der Waals surface area contributed by atoms with E-state index < -0.39 is 15.9 Å². The van der Waals surface area contributed by atoms with E-state index in [1.54, 1.807) is 19.9 Å². The molecule has 0 saturated heterocycles. The number of carbonyl (C=O) groups is 1. The highest BCUT2D eigenvalue weighted by Crippen LogP contribution is 2.24. The Hall–Kier alpha value is -2.75. The van der Waals surface area contributed by atoms with E-state index in [9.17, 15) is 13.2 Å². The van der Waals surface area contributed by atoms with Gasteiger partial charge in [0.25, 0.3) is 5.91 Å². The molecule has 7 nitrogen and oxygen atoms in total. The van der Waals surface area contributed by atoms with Crippen molar-refractivity contribution in [2.24, 2.45) is 4.99 Å². The predicted octanol–water partition coefficient (Wildman–Crippen LogP) is 4.06. The van der Waals surface area contributed by atoms with Crippen molar-refractivity contribution in [2.75, 3.05) is 19.7 Å². The number of fused-ring (bicyclic) bond motifs is 1. The van der Waals surface area contributed by atoms with Gasteiger partial charge in [-0.05, 0) is 49.4 Å². The van der Waals surface area contributed by atoms with Crippen LogP contribution in [0.15, 0.2) is 65.0 Å². The van der Waals surface area contributed by atoms with E-state index in [4.69, 9.17) is 4.74 Å². The third-order valence-electron chi connectivity index (χ3n) is 4.92. The summed E-state index contributed by atoms with van der Waals surface area (Å²) in [6.45, 7) is 11.1. The molecule has 1 aromatic heterocycles. The number of ether oxygens (including phenoxy) is 1. The monoisotopic (exact) mass is 473 g/mol. The molecule has 0 atom stereocenters. The second-order valence-corrected chi connectivity index (χ2v) is 9.82. The average molecular weight is 474 g/mol. The molecule has 3 aromatic rings. The van der Waals surface area contributed by atoms with Gasteiger partial charge in [0.05, 0.1) is 21.7 Å². The van der Waals surface area contributed by atoms with E-state index in [0.29, 0.717) is 36.6 Å². The molecule has 0 fully saturated rings. The molecule has 0 bridgehead atoms. The summed E-state index contributed by atoms with van der Waals surface area (Å²) >= 11 is 1.39. The Morgan fingerprint density at radius 3 is 2.44 bits per heavy atom. The normalized spacial score (nSPS) is 12.4. The minimum absolute atomic E-state index is 0.157. The van der Waals surface area contributed by atoms with Crippen molar-refractivity contribution in [3.63, 3.8) is 0 Å². The highest BCUT2D eigenvalue weighted by atomic mass is 32.2. The van der Waals surface area contributed by atoms with Crippen LogP contribution in [0, 0.1) is 0 Å². The van der Waals surface area contributed by atoms with Crippen LogP contribution in [-0.4, -0.2) is 42.9 Å². The summed E-state index contributed by atoms with van der Waals surface area (Å²) in [5.41, 5.74) is 1.26. The Kier molecular flexibility index (Phi) is 7.65. The van der Waals surface area contributed by atoms with Crippen molar-refractivity contribution < 1.29 is 17.9 Å². The third kappa shape index (κ3) is 4.85. The van der Waals surface area contributed by atoms with Gasteiger partial charge in [0.1, 0.15) is 5.75 Å². The molecule has 0 aliphatic rings. The second-order valence-electron chi connectivity index (χ2n) is 6.88. The number of aromatic nitrogens is 1. The van der Waals surface area contributed by atoms with Crippen LogP contribution in [0.3, 0.4) is 0 Å². The number of hydrogen-bond acceptors (Lipinski definition) is 5. The first-order valence-corrected chi connectivity index (χ1v) is 12.7. The molecule has 9 heteroatoms. The molecule has 32 heavy (non-hydrogen) atoms. The predicted molar refractivity (Wildman–Crippen MR) is 128 cm³/mol. The molecule has 3 rings (SSSR count). The van der Waals surface area contributed by atoms with E-state index in [0.717, 1.165) is 16.0 Å². The first-order chi connectivity index (χ1) is 15.3. The zero-order valence-electron chi connectivity index (χ0n) is 18.4. The number of thiazole rings is 1. The number of benzene rings is 2. The maximum atomic E-state index is 12.8. The lowest BCUT2D eigenvalue weighted by atomic mass is 10.2. The lowest BCUT2D eigenvalue weighted by Crippen LogP contribution is -2.30. The summed E-state index contributed by atoms with van der Waals surface area (Å²) in [5, 5.41) is 0. The molecule has 0 unspecified atom stereocenters. The van der Waals surface area contributed by atoms with E-state index >= 15 is 0 Å². The van der Waals surface area contributed by atoms with Crippen LogP contribution in [0.2, 0.25) is 0 Å². The summed E-state index contributed by atoms with van der Waals surface area (Å²) < 4.78 is 35.1. The number of carbonyl (C=O) groups excluding carboxylic acids is 1. The first kappa shape index (κ1) is 23.9. The molecule has 0 radical (unpaired) electrons. The van der Waals surface area contributed by atoms with Gasteiger partial charge in [0.2, 0.25) is 10.0 Å². The topological polar surface area (TPSA) is 81.0 Å². The van der Waals surface area contributed by atoms with Crippen LogP contribution in [0.4, 0.5) is 0 Å². The van der Waals surface area contributed by atoms with Crippen molar-refractivity contribution >= 4 is 37.5 Å². The van der Waals surface area contributed by atoms with Crippen LogP contribution < -0.4 is 9.54 Å². The van der Waals surface area contributed by atoms with Gasteiger partial charge in [0.15, 0.2) is 4.80 Å². The SMILES string of the molecule is C=CCn1c(=NC(=O)c2ccc(S(=O)(=O)N(CC)CC)cc2)sc2cc(OCC)ccc21. The Morgan fingerprint density at radius 1 is 1.16 bits per heavy atom. The summed E-state index contributed by atoms with van der Waals surface area (Å²) in [5.74, 6) is 0.320. The molecule has 170 valence electrons. The first-order valence-electron chi connectivity index (χ1n) is 10.4. The van der Waals surface area contributed by atoms with Gasteiger partial charge in [-0.3, -0.25) is 4.79 Å². The van der Waals surface area contributed by atoms with Crippen LogP contribution in [0.25, 0.3) is 10.2 Å². The minimum Gasteiger partial charge on any atom is -0.494 e. The molecule has 0 aliphatic carbocycles. The minimum atomic E-state index is -3.58. The number of amides is 1. The largest absolute Gasteiger partial charge is 0.494 e. The average Bonchev–Trinajstić information content (AvgIpc) is 3.11. The van der Waals surface area contributed by atoms with Gasteiger partial charge in [-0.2, -0.15) is 9.30 Å². The van der Waals surface area contributed by atoms with E-state index in [1.807, 2.05) is 29.7 Å². The lowest BCUT2D eigenvalue weighted by molar-refractivity contribution is 0.0997. The van der Waals surface area contributed by atoms with E-state index in [2.05, 4.69) is 11.6 Å². The number of hydrogen-bond donors (Lipinski definition) is 0. The maximum Gasteiger partial charge on any atom is 0.279 e. The number of rotatable bonds is 9. The summed E-state index contributed by atoms with van der Waals surface area (Å²) in [4.78, 5) is 17.9. The van der Waals surface area contributed by atoms with Crippen LogP contribution in [0.1, 0.15) is 31.1 Å². The smallest absolute Gasteiger partial charge is 0.279 e. The number of sulfonamides is 1. The van der Waals surface area contributed by atoms with E-state index in [1.165, 1.54) is 39.9 Å². The van der Waals surface area contributed by atoms with Crippen molar-refractivity contribution in [3.8, 4) is 5.75 Å². The Balaban J connectivity index is 1.98. The molecule has 0 spiro atoms. The van der Waals surface area contributed by atoms with Gasteiger partial charge < -0.3 is 9.30 Å². The maximum absolute atomic E-state index is 12.8. The molecule has 0 aliphatic heterocycles. The van der Waals surface area contributed by atoms with Crippen LogP contribution in [0.5, 0.6) is 5.75 Å². The molecule has 1 heterocycles. The van der Waals surface area contributed by atoms with Crippen LogP contribution >= 0.6 is 11.3 Å². The van der Waals surface area contributed by atoms with Gasteiger partial charge >= 0.3 is 0 Å². The highest BCUT2D eigenvalue weighted by Gasteiger charge is 2.21. The van der Waals surface area contributed by atoms with Crippen molar-refractivity contribution in [1.82, 2.24) is 8.87 Å².